The number of nitrogens with one attached hydrogen (secondary N) is 1. The summed E-state index contributed by atoms with van der Waals surface area (Å²) in [5.41, 5.74) is 2.12. The molecule has 2 aromatic rings. The highest BCUT2D eigenvalue weighted by Gasteiger charge is 2.41. The van der Waals surface area contributed by atoms with Crippen molar-refractivity contribution in [2.24, 2.45) is 29.6 Å². The van der Waals surface area contributed by atoms with Gasteiger partial charge in [-0.05, 0) is 68.3 Å². The molecule has 2 aliphatic carbocycles. The van der Waals surface area contributed by atoms with Crippen LogP contribution in [-0.4, -0.2) is 38.8 Å². The van der Waals surface area contributed by atoms with Gasteiger partial charge in [-0.25, -0.2) is 9.97 Å². The average Bonchev–Trinajstić information content (AvgIpc) is 3.28. The van der Waals surface area contributed by atoms with Crippen LogP contribution in [0.25, 0.3) is 11.0 Å². The Morgan fingerprint density at radius 3 is 2.96 bits per heavy atom. The van der Waals surface area contributed by atoms with Crippen LogP contribution in [0.3, 0.4) is 0 Å². The predicted octanol–water partition coefficient (Wildman–Crippen LogP) is 4.20. The van der Waals surface area contributed by atoms with E-state index >= 15 is 0 Å². The maximum atomic E-state index is 12.4. The Kier molecular flexibility index (Phi) is 4.85. The first-order valence-corrected chi connectivity index (χ1v) is 11.2. The quantitative estimate of drug-likeness (QED) is 0.817. The lowest BCUT2D eigenvalue weighted by molar-refractivity contribution is -0.134. The van der Waals surface area contributed by atoms with E-state index in [0.29, 0.717) is 17.7 Å². The van der Waals surface area contributed by atoms with Gasteiger partial charge in [-0.1, -0.05) is 19.8 Å². The summed E-state index contributed by atoms with van der Waals surface area (Å²) in [4.78, 5) is 26.6. The standard InChI is InChI=1S/C23H32N4O/c1-15(10-21-20-6-8-24-22(20)26-14-25-21)2-3-16-11-18-7-9-27(13-19(18)12-16)23(28)17-4-5-17/h6,8,14-19H,2-5,7,9-13H2,1H3,(H,24,25,26). The van der Waals surface area contributed by atoms with Crippen molar-refractivity contribution in [2.45, 2.75) is 58.3 Å². The molecular formula is C23H32N4O. The van der Waals surface area contributed by atoms with Gasteiger partial charge in [0.15, 0.2) is 0 Å². The van der Waals surface area contributed by atoms with Crippen molar-refractivity contribution >= 4 is 16.9 Å². The number of rotatable bonds is 6. The van der Waals surface area contributed by atoms with Crippen molar-refractivity contribution in [3.8, 4) is 0 Å². The minimum atomic E-state index is 0.378. The van der Waals surface area contributed by atoms with Crippen molar-refractivity contribution in [1.82, 2.24) is 19.9 Å². The summed E-state index contributed by atoms with van der Waals surface area (Å²) in [6, 6.07) is 2.09. The van der Waals surface area contributed by atoms with E-state index in [2.05, 4.69) is 32.8 Å². The van der Waals surface area contributed by atoms with Crippen LogP contribution >= 0.6 is 0 Å². The van der Waals surface area contributed by atoms with Gasteiger partial charge < -0.3 is 9.88 Å². The van der Waals surface area contributed by atoms with Crippen LogP contribution in [0.4, 0.5) is 0 Å². The molecule has 1 aliphatic heterocycles. The van der Waals surface area contributed by atoms with Gasteiger partial charge in [0.2, 0.25) is 5.91 Å². The summed E-state index contributed by atoms with van der Waals surface area (Å²) in [6.07, 6.45) is 13.5. The highest BCUT2D eigenvalue weighted by Crippen LogP contribution is 2.44. The second-order valence-electron chi connectivity index (χ2n) is 9.65. The smallest absolute Gasteiger partial charge is 0.225 e. The van der Waals surface area contributed by atoms with Gasteiger partial charge in [-0.3, -0.25) is 4.79 Å². The average molecular weight is 381 g/mol. The summed E-state index contributed by atoms with van der Waals surface area (Å²) < 4.78 is 0. The third-order valence-electron chi connectivity index (χ3n) is 7.45. The highest BCUT2D eigenvalue weighted by atomic mass is 16.2. The molecule has 3 fully saturated rings. The maximum Gasteiger partial charge on any atom is 0.225 e. The molecule has 0 bridgehead atoms. The monoisotopic (exact) mass is 380 g/mol. The van der Waals surface area contributed by atoms with Gasteiger partial charge in [0.05, 0.1) is 5.69 Å². The number of hydrogen-bond donors (Lipinski definition) is 1. The SMILES string of the molecule is CC(CCC1CC2CCN(C(=O)C3CC3)CC2C1)Cc1ncnc2[nH]ccc12. The molecule has 0 spiro atoms. The highest BCUT2D eigenvalue weighted by molar-refractivity contribution is 5.81. The number of H-pyrrole nitrogens is 1. The summed E-state index contributed by atoms with van der Waals surface area (Å²) >= 11 is 0. The van der Waals surface area contributed by atoms with Crippen molar-refractivity contribution < 1.29 is 4.79 Å². The molecule has 4 unspecified atom stereocenters. The van der Waals surface area contributed by atoms with E-state index in [-0.39, 0.29) is 0 Å². The fourth-order valence-electron chi connectivity index (χ4n) is 5.68. The fraction of sp³-hybridized carbons (Fsp3) is 0.696. The maximum absolute atomic E-state index is 12.4. The molecule has 3 heterocycles. The predicted molar refractivity (Wildman–Crippen MR) is 110 cm³/mol. The molecule has 1 amide bonds. The summed E-state index contributed by atoms with van der Waals surface area (Å²) in [6.45, 7) is 4.41. The number of aromatic amines is 1. The third-order valence-corrected chi connectivity index (χ3v) is 7.45. The Balaban J connectivity index is 1.12. The van der Waals surface area contributed by atoms with Gasteiger partial charge in [0.1, 0.15) is 12.0 Å². The van der Waals surface area contributed by atoms with Crippen LogP contribution in [-0.2, 0) is 11.2 Å². The van der Waals surface area contributed by atoms with Gasteiger partial charge in [-0.2, -0.15) is 0 Å². The van der Waals surface area contributed by atoms with Gasteiger partial charge in [0.25, 0.3) is 0 Å². The Morgan fingerprint density at radius 2 is 2.11 bits per heavy atom. The van der Waals surface area contributed by atoms with Gasteiger partial charge >= 0.3 is 0 Å². The van der Waals surface area contributed by atoms with E-state index in [1.54, 1.807) is 6.33 Å². The van der Waals surface area contributed by atoms with E-state index in [4.69, 9.17) is 0 Å². The number of fused-ring (bicyclic) bond motifs is 2. The topological polar surface area (TPSA) is 61.9 Å². The number of carbonyl (C=O) groups excluding carboxylic acids is 1. The second kappa shape index (κ2) is 7.49. The Morgan fingerprint density at radius 1 is 1.25 bits per heavy atom. The molecule has 28 heavy (non-hydrogen) atoms. The molecule has 4 atom stereocenters. The normalized spacial score (nSPS) is 28.5. The van der Waals surface area contributed by atoms with Crippen molar-refractivity contribution in [3.05, 3.63) is 24.3 Å². The van der Waals surface area contributed by atoms with E-state index < -0.39 is 0 Å². The van der Waals surface area contributed by atoms with E-state index in [0.717, 1.165) is 55.8 Å². The first-order chi connectivity index (χ1) is 13.7. The number of piperidine rings is 1. The molecular weight excluding hydrogens is 348 g/mol. The number of likely N-dealkylation sites (tertiary alicyclic amines) is 1. The van der Waals surface area contributed by atoms with Crippen molar-refractivity contribution in [1.29, 1.82) is 0 Å². The number of hydrogen-bond acceptors (Lipinski definition) is 3. The Bertz CT molecular complexity index is 842. The molecule has 0 radical (unpaired) electrons. The minimum absolute atomic E-state index is 0.378. The summed E-state index contributed by atoms with van der Waals surface area (Å²) in [7, 11) is 0. The van der Waals surface area contributed by atoms with E-state index in [1.807, 2.05) is 6.20 Å². The molecule has 5 nitrogen and oxygen atoms in total. The number of aromatic nitrogens is 3. The summed E-state index contributed by atoms with van der Waals surface area (Å²) in [5.74, 6) is 3.96. The summed E-state index contributed by atoms with van der Waals surface area (Å²) in [5, 5.41) is 1.17. The lowest BCUT2D eigenvalue weighted by Gasteiger charge is -2.35. The number of carbonyl (C=O) groups is 1. The molecule has 1 saturated heterocycles. The first-order valence-electron chi connectivity index (χ1n) is 11.2. The number of nitrogens with zero attached hydrogens (tertiary/aromatic N) is 3. The molecule has 2 saturated carbocycles. The van der Waals surface area contributed by atoms with Gasteiger partial charge in [-0.15, -0.1) is 0 Å². The number of amides is 1. The second-order valence-corrected chi connectivity index (χ2v) is 9.65. The molecule has 0 aromatic carbocycles. The lowest BCUT2D eigenvalue weighted by Crippen LogP contribution is -2.42. The molecule has 1 N–H and O–H groups in total. The first kappa shape index (κ1) is 18.1. The van der Waals surface area contributed by atoms with Crippen LogP contribution in [0.2, 0.25) is 0 Å². The van der Waals surface area contributed by atoms with Crippen LogP contribution in [0.15, 0.2) is 18.6 Å². The Labute approximate surface area is 167 Å². The largest absolute Gasteiger partial charge is 0.346 e. The Hall–Kier alpha value is -1.91. The van der Waals surface area contributed by atoms with Crippen LogP contribution < -0.4 is 0 Å². The fourth-order valence-corrected chi connectivity index (χ4v) is 5.68. The molecule has 3 aliphatic rings. The van der Waals surface area contributed by atoms with Crippen LogP contribution in [0.5, 0.6) is 0 Å². The lowest BCUT2D eigenvalue weighted by atomic mass is 9.88. The van der Waals surface area contributed by atoms with E-state index in [1.165, 1.54) is 43.2 Å². The van der Waals surface area contributed by atoms with Crippen LogP contribution in [0.1, 0.15) is 57.6 Å². The van der Waals surface area contributed by atoms with E-state index in [9.17, 15) is 4.79 Å². The van der Waals surface area contributed by atoms with Crippen molar-refractivity contribution in [3.63, 3.8) is 0 Å². The molecule has 150 valence electrons. The van der Waals surface area contributed by atoms with Crippen LogP contribution in [0, 0.1) is 29.6 Å². The zero-order valence-electron chi connectivity index (χ0n) is 16.9. The molecule has 2 aromatic heterocycles. The molecule has 5 heteroatoms. The van der Waals surface area contributed by atoms with Crippen molar-refractivity contribution in [2.75, 3.05) is 13.1 Å². The zero-order chi connectivity index (χ0) is 19.1. The zero-order valence-corrected chi connectivity index (χ0v) is 16.9. The third kappa shape index (κ3) is 3.68. The molecule has 5 rings (SSSR count). The minimum Gasteiger partial charge on any atom is -0.346 e. The van der Waals surface area contributed by atoms with Gasteiger partial charge in [0, 0.05) is 30.6 Å².